The van der Waals surface area contributed by atoms with Crippen molar-refractivity contribution < 1.29 is 9.94 Å². The lowest BCUT2D eigenvalue weighted by Gasteiger charge is -2.19. The van der Waals surface area contributed by atoms with Gasteiger partial charge in [0.15, 0.2) is 5.84 Å². The second-order valence-electron chi connectivity index (χ2n) is 4.15. The predicted molar refractivity (Wildman–Crippen MR) is 77.8 cm³/mol. The number of amidine groups is 1. The van der Waals surface area contributed by atoms with Gasteiger partial charge < -0.3 is 20.6 Å². The van der Waals surface area contributed by atoms with Crippen LogP contribution in [0.2, 0.25) is 0 Å². The molecule has 20 heavy (non-hydrogen) atoms. The average molecular weight is 272 g/mol. The number of ether oxygens (including phenoxy) is 1. The molecule has 104 valence electrons. The molecule has 0 saturated carbocycles. The Balaban J connectivity index is 2.30. The van der Waals surface area contributed by atoms with E-state index < -0.39 is 0 Å². The van der Waals surface area contributed by atoms with Crippen molar-refractivity contribution in [3.8, 4) is 5.75 Å². The lowest BCUT2D eigenvalue weighted by atomic mass is 10.1. The molecule has 0 spiro atoms. The zero-order valence-corrected chi connectivity index (χ0v) is 11.3. The molecule has 1 heterocycles. The summed E-state index contributed by atoms with van der Waals surface area (Å²) in [7, 11) is 3.49. The van der Waals surface area contributed by atoms with E-state index in [1.165, 1.54) is 0 Å². The number of nitrogens with two attached hydrogens (primary N) is 1. The van der Waals surface area contributed by atoms with Crippen LogP contribution in [0.3, 0.4) is 0 Å². The molecule has 6 heteroatoms. The molecule has 0 saturated heterocycles. The monoisotopic (exact) mass is 272 g/mol. The number of methoxy groups -OCH3 is 1. The van der Waals surface area contributed by atoms with Gasteiger partial charge in [0.25, 0.3) is 0 Å². The quantitative estimate of drug-likeness (QED) is 0.384. The van der Waals surface area contributed by atoms with Crippen LogP contribution >= 0.6 is 0 Å². The molecule has 1 aromatic heterocycles. The summed E-state index contributed by atoms with van der Waals surface area (Å²) in [5, 5.41) is 11.7. The van der Waals surface area contributed by atoms with Crippen LogP contribution in [-0.2, 0) is 0 Å². The van der Waals surface area contributed by atoms with Crippen molar-refractivity contribution in [3.05, 3.63) is 48.2 Å². The third-order valence-corrected chi connectivity index (χ3v) is 2.94. The number of oxime groups is 1. The summed E-state index contributed by atoms with van der Waals surface area (Å²) in [6.45, 7) is 0. The van der Waals surface area contributed by atoms with Crippen molar-refractivity contribution in [2.24, 2.45) is 10.9 Å². The first kappa shape index (κ1) is 13.7. The topological polar surface area (TPSA) is 84.0 Å². The van der Waals surface area contributed by atoms with Crippen molar-refractivity contribution in [2.45, 2.75) is 0 Å². The molecule has 0 radical (unpaired) electrons. The fourth-order valence-electron chi connectivity index (χ4n) is 1.76. The molecule has 0 aliphatic carbocycles. The molecule has 0 aliphatic heterocycles. The highest BCUT2D eigenvalue weighted by Crippen LogP contribution is 2.23. The number of rotatable bonds is 4. The first-order valence-electron chi connectivity index (χ1n) is 5.97. The molecule has 0 amide bonds. The molecule has 6 nitrogen and oxygen atoms in total. The fraction of sp³-hybridized carbons (Fsp3) is 0.143. The Morgan fingerprint density at radius 1 is 1.35 bits per heavy atom. The summed E-state index contributed by atoms with van der Waals surface area (Å²) in [6, 6.07) is 11.0. The van der Waals surface area contributed by atoms with E-state index >= 15 is 0 Å². The van der Waals surface area contributed by atoms with Gasteiger partial charge in [0.05, 0.1) is 13.3 Å². The van der Waals surface area contributed by atoms with E-state index in [1.807, 2.05) is 42.3 Å². The minimum Gasteiger partial charge on any atom is -0.495 e. The maximum atomic E-state index is 8.72. The molecule has 1 aromatic carbocycles. The third-order valence-electron chi connectivity index (χ3n) is 2.94. The van der Waals surface area contributed by atoms with Crippen LogP contribution in [0.15, 0.2) is 47.8 Å². The van der Waals surface area contributed by atoms with Crippen molar-refractivity contribution in [1.82, 2.24) is 4.98 Å². The van der Waals surface area contributed by atoms with Gasteiger partial charge in [0, 0.05) is 18.3 Å². The minimum atomic E-state index is 0.0722. The van der Waals surface area contributed by atoms with Crippen LogP contribution in [-0.4, -0.2) is 30.2 Å². The van der Waals surface area contributed by atoms with Crippen LogP contribution in [0, 0.1) is 0 Å². The highest BCUT2D eigenvalue weighted by molar-refractivity contribution is 5.97. The summed E-state index contributed by atoms with van der Waals surface area (Å²) < 4.78 is 5.08. The van der Waals surface area contributed by atoms with Gasteiger partial charge in [-0.25, -0.2) is 4.98 Å². The molecule has 0 bridgehead atoms. The van der Waals surface area contributed by atoms with Gasteiger partial charge >= 0.3 is 0 Å². The number of hydrogen-bond donors (Lipinski definition) is 2. The molecule has 2 rings (SSSR count). The van der Waals surface area contributed by atoms with Crippen molar-refractivity contribution >= 4 is 17.3 Å². The first-order valence-corrected chi connectivity index (χ1v) is 5.97. The minimum absolute atomic E-state index is 0.0722. The number of nitrogens with zero attached hydrogens (tertiary/aromatic N) is 3. The molecule has 0 aliphatic rings. The Morgan fingerprint density at radius 3 is 2.75 bits per heavy atom. The molecule has 0 unspecified atom stereocenters. The van der Waals surface area contributed by atoms with E-state index in [0.29, 0.717) is 11.3 Å². The average Bonchev–Trinajstić information content (AvgIpc) is 2.53. The van der Waals surface area contributed by atoms with Crippen LogP contribution in [0.5, 0.6) is 5.75 Å². The summed E-state index contributed by atoms with van der Waals surface area (Å²) in [5.41, 5.74) is 7.11. The molecule has 0 fully saturated rings. The second kappa shape index (κ2) is 5.92. The van der Waals surface area contributed by atoms with Crippen molar-refractivity contribution in [3.63, 3.8) is 0 Å². The van der Waals surface area contributed by atoms with E-state index in [-0.39, 0.29) is 5.84 Å². The number of pyridine rings is 1. The Kier molecular flexibility index (Phi) is 4.05. The normalized spacial score (nSPS) is 11.2. The lowest BCUT2D eigenvalue weighted by Crippen LogP contribution is -2.15. The number of hydrogen-bond acceptors (Lipinski definition) is 5. The third kappa shape index (κ3) is 2.80. The zero-order valence-electron chi connectivity index (χ0n) is 11.3. The number of anilines is 2. The standard InChI is InChI=1S/C14H16N4O2/c1-18(13-7-6-12(20-2)9-16-13)11-5-3-4-10(8-11)14(15)17-19/h3-9,19H,1-2H3,(H2,15,17). The number of aromatic nitrogens is 1. The van der Waals surface area contributed by atoms with Gasteiger partial charge in [-0.3, -0.25) is 0 Å². The molecular weight excluding hydrogens is 256 g/mol. The summed E-state index contributed by atoms with van der Waals surface area (Å²) in [5.74, 6) is 1.54. The summed E-state index contributed by atoms with van der Waals surface area (Å²) >= 11 is 0. The smallest absolute Gasteiger partial charge is 0.170 e. The largest absolute Gasteiger partial charge is 0.495 e. The molecule has 3 N–H and O–H groups in total. The van der Waals surface area contributed by atoms with Crippen molar-refractivity contribution in [2.75, 3.05) is 19.1 Å². The Hall–Kier alpha value is -2.76. The molecule has 2 aromatic rings. The van der Waals surface area contributed by atoms with Crippen LogP contribution in [0.1, 0.15) is 5.56 Å². The van der Waals surface area contributed by atoms with Gasteiger partial charge in [-0.15, -0.1) is 0 Å². The second-order valence-corrected chi connectivity index (χ2v) is 4.15. The highest BCUT2D eigenvalue weighted by atomic mass is 16.5. The summed E-state index contributed by atoms with van der Waals surface area (Å²) in [4.78, 5) is 6.21. The fourth-order valence-corrected chi connectivity index (χ4v) is 1.76. The Labute approximate surface area is 117 Å². The highest BCUT2D eigenvalue weighted by Gasteiger charge is 2.07. The van der Waals surface area contributed by atoms with Gasteiger partial charge in [-0.1, -0.05) is 17.3 Å². The van der Waals surface area contributed by atoms with Crippen LogP contribution in [0.4, 0.5) is 11.5 Å². The van der Waals surface area contributed by atoms with Gasteiger partial charge in [0.2, 0.25) is 0 Å². The van der Waals surface area contributed by atoms with E-state index in [0.717, 1.165) is 11.5 Å². The molecular formula is C14H16N4O2. The predicted octanol–water partition coefficient (Wildman–Crippen LogP) is 1.95. The van der Waals surface area contributed by atoms with Gasteiger partial charge in [-0.2, -0.15) is 0 Å². The lowest BCUT2D eigenvalue weighted by molar-refractivity contribution is 0.318. The van der Waals surface area contributed by atoms with Gasteiger partial charge in [0.1, 0.15) is 11.6 Å². The SMILES string of the molecule is COc1ccc(N(C)c2cccc(/C(N)=N/O)c2)nc1. The van der Waals surface area contributed by atoms with Gasteiger partial charge in [-0.05, 0) is 24.3 Å². The maximum Gasteiger partial charge on any atom is 0.170 e. The first-order chi connectivity index (χ1) is 9.65. The van der Waals surface area contributed by atoms with E-state index in [2.05, 4.69) is 10.1 Å². The van der Waals surface area contributed by atoms with E-state index in [4.69, 9.17) is 15.7 Å². The van der Waals surface area contributed by atoms with Crippen molar-refractivity contribution in [1.29, 1.82) is 0 Å². The Morgan fingerprint density at radius 2 is 2.15 bits per heavy atom. The molecule has 0 atom stereocenters. The van der Waals surface area contributed by atoms with Crippen LogP contribution in [0.25, 0.3) is 0 Å². The van der Waals surface area contributed by atoms with Crippen LogP contribution < -0.4 is 15.4 Å². The Bertz CT molecular complexity index is 611. The maximum absolute atomic E-state index is 8.72. The number of benzene rings is 1. The van der Waals surface area contributed by atoms with E-state index in [1.54, 1.807) is 19.4 Å². The zero-order chi connectivity index (χ0) is 14.5. The summed E-state index contributed by atoms with van der Waals surface area (Å²) in [6.07, 6.45) is 1.65. The van der Waals surface area contributed by atoms with E-state index in [9.17, 15) is 0 Å².